The molecule has 4 aliphatic carbocycles. The summed E-state index contributed by atoms with van der Waals surface area (Å²) in [5, 5.41) is 0.562. The Bertz CT molecular complexity index is 607. The molecule has 4 aliphatic rings. The molecule has 0 spiro atoms. The van der Waals surface area contributed by atoms with Crippen LogP contribution < -0.4 is 5.73 Å². The number of rotatable bonds is 3. The van der Waals surface area contributed by atoms with Gasteiger partial charge in [-0.1, -0.05) is 27.5 Å². The molecule has 1 amide bonds. The number of carbonyl (C=O) groups excluding carboxylic acids is 1. The summed E-state index contributed by atoms with van der Waals surface area (Å²) in [6.45, 7) is 0. The lowest BCUT2D eigenvalue weighted by molar-refractivity contribution is -0.0521. The van der Waals surface area contributed by atoms with E-state index in [0.29, 0.717) is 16.0 Å². The summed E-state index contributed by atoms with van der Waals surface area (Å²) in [6, 6.07) is 3.81. The highest BCUT2D eigenvalue weighted by atomic mass is 79.9. The van der Waals surface area contributed by atoms with Gasteiger partial charge in [-0.2, -0.15) is 0 Å². The van der Waals surface area contributed by atoms with Gasteiger partial charge in [-0.25, -0.2) is 0 Å². The molecule has 4 fully saturated rings. The quantitative estimate of drug-likeness (QED) is 0.788. The Kier molecular flexibility index (Phi) is 3.58. The Morgan fingerprint density at radius 1 is 1.18 bits per heavy atom. The van der Waals surface area contributed by atoms with Crippen molar-refractivity contribution < 1.29 is 4.79 Å². The van der Waals surface area contributed by atoms with Crippen molar-refractivity contribution in [2.45, 2.75) is 44.9 Å². The number of hydrogen-bond acceptors (Lipinski definition) is 1. The molecule has 0 unspecified atom stereocenters. The highest BCUT2D eigenvalue weighted by Gasteiger charge is 2.50. The van der Waals surface area contributed by atoms with Crippen LogP contribution >= 0.6 is 27.5 Å². The first-order chi connectivity index (χ1) is 10.4. The zero-order valence-electron chi connectivity index (χ0n) is 12.6. The highest BCUT2D eigenvalue weighted by molar-refractivity contribution is 9.10. The van der Waals surface area contributed by atoms with Crippen molar-refractivity contribution in [1.29, 1.82) is 0 Å². The lowest BCUT2D eigenvalue weighted by Gasteiger charge is -2.57. The zero-order valence-corrected chi connectivity index (χ0v) is 14.9. The third kappa shape index (κ3) is 2.50. The second-order valence-electron chi connectivity index (χ2n) is 7.89. The lowest BCUT2D eigenvalue weighted by Crippen LogP contribution is -2.47. The topological polar surface area (TPSA) is 43.1 Å². The minimum atomic E-state index is -0.446. The summed E-state index contributed by atoms with van der Waals surface area (Å²) in [6.07, 6.45) is 9.35. The van der Waals surface area contributed by atoms with Gasteiger partial charge >= 0.3 is 0 Å². The Balaban J connectivity index is 1.68. The maximum atomic E-state index is 11.6. The third-order valence-corrected chi connectivity index (χ3v) is 7.01. The molecule has 0 aromatic heterocycles. The Labute approximate surface area is 144 Å². The first-order valence-electron chi connectivity index (χ1n) is 8.22. The van der Waals surface area contributed by atoms with Crippen molar-refractivity contribution in [3.05, 3.63) is 32.8 Å². The van der Waals surface area contributed by atoms with Crippen molar-refractivity contribution in [1.82, 2.24) is 0 Å². The van der Waals surface area contributed by atoms with Crippen LogP contribution in [0.5, 0.6) is 0 Å². The van der Waals surface area contributed by atoms with Crippen LogP contribution in [-0.4, -0.2) is 5.91 Å². The van der Waals surface area contributed by atoms with Crippen molar-refractivity contribution in [3.63, 3.8) is 0 Å². The van der Waals surface area contributed by atoms with Crippen LogP contribution in [0.4, 0.5) is 0 Å². The van der Waals surface area contributed by atoms with Gasteiger partial charge in [-0.05, 0) is 85.8 Å². The molecule has 4 heteroatoms. The molecular formula is C18H21BrClNO. The van der Waals surface area contributed by atoms with Gasteiger partial charge in [0.25, 0.3) is 0 Å². The lowest BCUT2D eigenvalue weighted by atomic mass is 9.48. The molecule has 118 valence electrons. The minimum absolute atomic E-state index is 0.411. The first kappa shape index (κ1) is 15.0. The van der Waals surface area contributed by atoms with Crippen LogP contribution in [0.2, 0.25) is 5.02 Å². The molecule has 5 rings (SSSR count). The van der Waals surface area contributed by atoms with Gasteiger partial charge in [0, 0.05) is 4.47 Å². The molecule has 1 aromatic rings. The van der Waals surface area contributed by atoms with Crippen molar-refractivity contribution in [3.8, 4) is 0 Å². The second-order valence-corrected chi connectivity index (χ2v) is 9.18. The Morgan fingerprint density at radius 3 is 2.23 bits per heavy atom. The predicted molar refractivity (Wildman–Crippen MR) is 92.0 cm³/mol. The van der Waals surface area contributed by atoms with Crippen LogP contribution in [0.3, 0.4) is 0 Å². The van der Waals surface area contributed by atoms with E-state index in [9.17, 15) is 4.79 Å². The van der Waals surface area contributed by atoms with Gasteiger partial charge in [0.05, 0.1) is 10.6 Å². The molecule has 4 bridgehead atoms. The molecule has 0 saturated heterocycles. The van der Waals surface area contributed by atoms with Crippen LogP contribution in [0, 0.1) is 23.2 Å². The second kappa shape index (κ2) is 5.24. The molecule has 2 N–H and O–H groups in total. The smallest absolute Gasteiger partial charge is 0.250 e. The highest BCUT2D eigenvalue weighted by Crippen LogP contribution is 2.61. The summed E-state index contributed by atoms with van der Waals surface area (Å²) in [7, 11) is 0. The summed E-state index contributed by atoms with van der Waals surface area (Å²) < 4.78 is 0.894. The maximum absolute atomic E-state index is 11.6. The van der Waals surface area contributed by atoms with Gasteiger partial charge < -0.3 is 5.73 Å². The fraction of sp³-hybridized carbons (Fsp3) is 0.611. The number of nitrogens with two attached hydrogens (primary N) is 1. The number of amides is 1. The molecule has 0 aliphatic heterocycles. The molecule has 4 saturated carbocycles. The van der Waals surface area contributed by atoms with E-state index in [2.05, 4.69) is 22.0 Å². The molecule has 0 heterocycles. The summed E-state index contributed by atoms with van der Waals surface area (Å²) >= 11 is 9.99. The van der Waals surface area contributed by atoms with E-state index in [4.69, 9.17) is 17.3 Å². The molecular weight excluding hydrogens is 362 g/mol. The fourth-order valence-electron chi connectivity index (χ4n) is 5.86. The van der Waals surface area contributed by atoms with E-state index < -0.39 is 5.91 Å². The van der Waals surface area contributed by atoms with Gasteiger partial charge in [-0.3, -0.25) is 4.79 Å². The van der Waals surface area contributed by atoms with E-state index in [0.717, 1.165) is 34.2 Å². The standard InChI is InChI=1S/C18H21BrClNO/c19-14-4-13(16(20)15(5-14)17(21)22)9-18-6-10-1-11(7-18)3-12(2-10)8-18/h4-5,10-12H,1-3,6-9H2,(H2,21,22). The Hall–Kier alpha value is -0.540. The number of carbonyl (C=O) groups is 1. The van der Waals surface area contributed by atoms with Crippen LogP contribution in [0.25, 0.3) is 0 Å². The summed E-state index contributed by atoms with van der Waals surface area (Å²) in [5.41, 5.74) is 7.41. The monoisotopic (exact) mass is 381 g/mol. The number of benzene rings is 1. The van der Waals surface area contributed by atoms with Crippen molar-refractivity contribution >= 4 is 33.4 Å². The molecule has 0 atom stereocenters. The zero-order chi connectivity index (χ0) is 15.5. The van der Waals surface area contributed by atoms with E-state index in [-0.39, 0.29) is 0 Å². The fourth-order valence-corrected chi connectivity index (χ4v) is 6.64. The summed E-state index contributed by atoms with van der Waals surface area (Å²) in [5.74, 6) is 2.33. The van der Waals surface area contributed by atoms with Crippen molar-refractivity contribution in [2.75, 3.05) is 0 Å². The molecule has 0 radical (unpaired) electrons. The Morgan fingerprint density at radius 2 is 1.73 bits per heavy atom. The van der Waals surface area contributed by atoms with Crippen molar-refractivity contribution in [2.24, 2.45) is 28.9 Å². The van der Waals surface area contributed by atoms with E-state index in [1.54, 1.807) is 6.07 Å². The number of hydrogen-bond donors (Lipinski definition) is 1. The van der Waals surface area contributed by atoms with Gasteiger partial charge in [0.2, 0.25) is 5.91 Å². The molecule has 1 aromatic carbocycles. The van der Waals surface area contributed by atoms with E-state index >= 15 is 0 Å². The molecule has 2 nitrogen and oxygen atoms in total. The predicted octanol–water partition coefficient (Wildman–Crippen LogP) is 4.96. The minimum Gasteiger partial charge on any atom is -0.366 e. The van der Waals surface area contributed by atoms with Crippen LogP contribution in [0.1, 0.15) is 54.4 Å². The molecule has 22 heavy (non-hydrogen) atoms. The average Bonchev–Trinajstić information content (AvgIpc) is 2.40. The van der Waals surface area contributed by atoms with Gasteiger partial charge in [-0.15, -0.1) is 0 Å². The normalized spacial score (nSPS) is 35.8. The van der Waals surface area contributed by atoms with E-state index in [1.807, 2.05) is 0 Å². The number of primary amides is 1. The first-order valence-corrected chi connectivity index (χ1v) is 9.39. The maximum Gasteiger partial charge on any atom is 0.250 e. The average molecular weight is 383 g/mol. The van der Waals surface area contributed by atoms with Crippen LogP contribution in [-0.2, 0) is 6.42 Å². The van der Waals surface area contributed by atoms with Gasteiger partial charge in [0.15, 0.2) is 0 Å². The van der Waals surface area contributed by atoms with Crippen LogP contribution in [0.15, 0.2) is 16.6 Å². The SMILES string of the molecule is NC(=O)c1cc(Br)cc(CC23CC4CC(CC(C4)C2)C3)c1Cl. The van der Waals surface area contributed by atoms with E-state index in [1.165, 1.54) is 38.5 Å². The number of halogens is 2. The largest absolute Gasteiger partial charge is 0.366 e. The third-order valence-electron chi connectivity index (χ3n) is 6.11. The summed E-state index contributed by atoms with van der Waals surface area (Å²) in [4.78, 5) is 11.6. The van der Waals surface area contributed by atoms with Gasteiger partial charge in [0.1, 0.15) is 0 Å².